The number of esters is 1. The highest BCUT2D eigenvalue weighted by Crippen LogP contribution is 2.24. The Hall–Kier alpha value is -1.88. The summed E-state index contributed by atoms with van der Waals surface area (Å²) in [5, 5.41) is 15.2. The molecule has 1 aliphatic rings. The van der Waals surface area contributed by atoms with Crippen molar-refractivity contribution < 1.29 is 29.0 Å². The molecule has 1 fully saturated rings. The molecule has 1 aromatic carbocycles. The molecular formula is C20H27IN2O6. The van der Waals surface area contributed by atoms with Crippen molar-refractivity contribution in [2.75, 3.05) is 13.2 Å². The van der Waals surface area contributed by atoms with Gasteiger partial charge in [0.1, 0.15) is 11.8 Å². The predicted molar refractivity (Wildman–Crippen MR) is 114 cm³/mol. The summed E-state index contributed by atoms with van der Waals surface area (Å²) in [4.78, 5) is 36.8. The molecule has 3 N–H and O–H groups in total. The number of epoxide rings is 1. The molecule has 0 spiro atoms. The molecule has 2 rings (SSSR count). The van der Waals surface area contributed by atoms with Gasteiger partial charge in [-0.15, -0.1) is 0 Å². The van der Waals surface area contributed by atoms with Gasteiger partial charge in [-0.1, -0.05) is 19.9 Å². The van der Waals surface area contributed by atoms with Gasteiger partial charge < -0.3 is 25.2 Å². The van der Waals surface area contributed by atoms with Gasteiger partial charge in [0, 0.05) is 13.0 Å². The van der Waals surface area contributed by atoms with E-state index in [-0.39, 0.29) is 24.7 Å². The van der Waals surface area contributed by atoms with Crippen LogP contribution in [-0.2, 0) is 30.3 Å². The fourth-order valence-corrected chi connectivity index (χ4v) is 3.28. The molecule has 1 heterocycles. The van der Waals surface area contributed by atoms with Crippen molar-refractivity contribution in [1.82, 2.24) is 10.6 Å². The maximum absolute atomic E-state index is 12.7. The summed E-state index contributed by atoms with van der Waals surface area (Å²) in [6.45, 7) is 6.49. The Labute approximate surface area is 183 Å². The quantitative estimate of drug-likeness (QED) is 0.246. The highest BCUT2D eigenvalue weighted by Gasteiger charge is 2.52. The van der Waals surface area contributed by atoms with Crippen LogP contribution in [0.4, 0.5) is 0 Å². The number of phenols is 1. The Bertz CT molecular complexity index is 754. The van der Waals surface area contributed by atoms with E-state index in [0.717, 1.165) is 12.0 Å². The number of halogens is 1. The molecular weight excluding hydrogens is 491 g/mol. The highest BCUT2D eigenvalue weighted by atomic mass is 127. The van der Waals surface area contributed by atoms with Gasteiger partial charge in [-0.05, 0) is 59.5 Å². The largest absolute Gasteiger partial charge is 0.507 e. The molecule has 0 bridgehead atoms. The van der Waals surface area contributed by atoms with Gasteiger partial charge in [-0.25, -0.2) is 4.79 Å². The van der Waals surface area contributed by atoms with E-state index in [2.05, 4.69) is 24.5 Å². The van der Waals surface area contributed by atoms with Gasteiger partial charge in [0.25, 0.3) is 5.91 Å². The van der Waals surface area contributed by atoms with Gasteiger partial charge in [-0.2, -0.15) is 0 Å². The highest BCUT2D eigenvalue weighted by molar-refractivity contribution is 14.1. The molecule has 1 aromatic rings. The van der Waals surface area contributed by atoms with E-state index < -0.39 is 30.1 Å². The summed E-state index contributed by atoms with van der Waals surface area (Å²) in [6, 6.07) is 4.17. The molecule has 29 heavy (non-hydrogen) atoms. The van der Waals surface area contributed by atoms with E-state index in [4.69, 9.17) is 9.47 Å². The molecule has 1 saturated heterocycles. The summed E-state index contributed by atoms with van der Waals surface area (Å²) >= 11 is 2.00. The van der Waals surface area contributed by atoms with Crippen LogP contribution in [0, 0.1) is 9.49 Å². The van der Waals surface area contributed by atoms with Crippen LogP contribution in [0.25, 0.3) is 0 Å². The number of phenolic OH excluding ortho intramolecular Hbond substituents is 1. The van der Waals surface area contributed by atoms with Crippen molar-refractivity contribution in [2.24, 2.45) is 5.92 Å². The first-order valence-corrected chi connectivity index (χ1v) is 10.7. The fraction of sp³-hybridized carbons (Fsp3) is 0.550. The van der Waals surface area contributed by atoms with E-state index in [1.165, 1.54) is 0 Å². The lowest BCUT2D eigenvalue weighted by atomic mass is 10.0. The first kappa shape index (κ1) is 23.4. The first-order chi connectivity index (χ1) is 13.7. The third kappa shape index (κ3) is 7.14. The first-order valence-electron chi connectivity index (χ1n) is 9.60. The van der Waals surface area contributed by atoms with Crippen molar-refractivity contribution >= 4 is 40.4 Å². The average molecular weight is 518 g/mol. The maximum atomic E-state index is 12.7. The van der Waals surface area contributed by atoms with Crippen LogP contribution in [0.1, 0.15) is 32.8 Å². The number of amides is 2. The molecule has 1 aliphatic heterocycles. The molecule has 0 aromatic heterocycles. The Morgan fingerprint density at radius 2 is 2.00 bits per heavy atom. The fourth-order valence-electron chi connectivity index (χ4n) is 2.70. The summed E-state index contributed by atoms with van der Waals surface area (Å²) in [6.07, 6.45) is -0.804. The molecule has 0 radical (unpaired) electrons. The number of benzene rings is 1. The maximum Gasteiger partial charge on any atom is 0.338 e. The van der Waals surface area contributed by atoms with Crippen LogP contribution >= 0.6 is 22.6 Å². The lowest BCUT2D eigenvalue weighted by molar-refractivity contribution is -0.144. The van der Waals surface area contributed by atoms with E-state index in [1.54, 1.807) is 25.1 Å². The van der Waals surface area contributed by atoms with Crippen LogP contribution in [-0.4, -0.2) is 54.3 Å². The van der Waals surface area contributed by atoms with Crippen LogP contribution in [0.5, 0.6) is 5.75 Å². The predicted octanol–water partition coefficient (Wildman–Crippen LogP) is 1.52. The van der Waals surface area contributed by atoms with Gasteiger partial charge in [0.2, 0.25) is 5.91 Å². The second-order valence-electron chi connectivity index (χ2n) is 7.25. The number of carbonyl (C=O) groups is 3. The minimum absolute atomic E-state index is 0.153. The van der Waals surface area contributed by atoms with Crippen molar-refractivity contribution in [1.29, 1.82) is 0 Å². The zero-order valence-electron chi connectivity index (χ0n) is 16.7. The lowest BCUT2D eigenvalue weighted by Crippen LogP contribution is -2.50. The third-order valence-electron chi connectivity index (χ3n) is 4.37. The van der Waals surface area contributed by atoms with Gasteiger partial charge in [-0.3, -0.25) is 9.59 Å². The number of carbonyl (C=O) groups excluding carboxylic acids is 3. The minimum Gasteiger partial charge on any atom is -0.507 e. The zero-order valence-corrected chi connectivity index (χ0v) is 18.9. The number of hydrogen-bond acceptors (Lipinski definition) is 6. The smallest absolute Gasteiger partial charge is 0.338 e. The van der Waals surface area contributed by atoms with Crippen LogP contribution in [0.3, 0.4) is 0 Å². The standard InChI is InChI=1S/C20H27IN2O6/c1-4-28-20(27)17-16(29-17)19(26)23-14(18(25)22-8-7-11(2)3)10-12-5-6-15(24)13(21)9-12/h5-6,9,11,14,16-17,24H,4,7-8,10H2,1-3H3,(H,22,25)(H,23,26)/t14-,16+,17+/m0/s1. The van der Waals surface area contributed by atoms with Crippen LogP contribution in [0.15, 0.2) is 18.2 Å². The van der Waals surface area contributed by atoms with Crippen molar-refractivity contribution in [3.63, 3.8) is 0 Å². The molecule has 160 valence electrons. The molecule has 0 unspecified atom stereocenters. The van der Waals surface area contributed by atoms with Crippen molar-refractivity contribution in [3.8, 4) is 5.75 Å². The Morgan fingerprint density at radius 1 is 1.28 bits per heavy atom. The summed E-state index contributed by atoms with van der Waals surface area (Å²) in [5.74, 6) is -0.832. The SMILES string of the molecule is CCOC(=O)[C@@H]1O[C@H]1C(=O)N[C@@H](Cc1ccc(O)c(I)c1)C(=O)NCCC(C)C. The number of ether oxygens (including phenoxy) is 2. The molecule has 2 amide bonds. The van der Waals surface area contributed by atoms with Crippen LogP contribution in [0.2, 0.25) is 0 Å². The van der Waals surface area contributed by atoms with Gasteiger partial charge in [0.05, 0.1) is 10.2 Å². The molecule has 0 saturated carbocycles. The van der Waals surface area contributed by atoms with Crippen LogP contribution < -0.4 is 10.6 Å². The summed E-state index contributed by atoms with van der Waals surface area (Å²) < 4.78 is 10.6. The molecule has 8 nitrogen and oxygen atoms in total. The summed E-state index contributed by atoms with van der Waals surface area (Å²) in [5.41, 5.74) is 0.787. The lowest BCUT2D eigenvalue weighted by Gasteiger charge is -2.19. The molecule has 9 heteroatoms. The van der Waals surface area contributed by atoms with E-state index in [0.29, 0.717) is 16.0 Å². The minimum atomic E-state index is -0.944. The molecule has 0 aliphatic carbocycles. The number of nitrogens with one attached hydrogen (secondary N) is 2. The zero-order chi connectivity index (χ0) is 21.6. The second-order valence-corrected chi connectivity index (χ2v) is 8.42. The van der Waals surface area contributed by atoms with E-state index >= 15 is 0 Å². The Morgan fingerprint density at radius 3 is 2.62 bits per heavy atom. The Kier molecular flexibility index (Phi) is 8.69. The molecule has 3 atom stereocenters. The second kappa shape index (κ2) is 10.8. The number of aromatic hydroxyl groups is 1. The third-order valence-corrected chi connectivity index (χ3v) is 5.24. The van der Waals surface area contributed by atoms with Crippen molar-refractivity contribution in [2.45, 2.75) is 51.9 Å². The summed E-state index contributed by atoms with van der Waals surface area (Å²) in [7, 11) is 0. The van der Waals surface area contributed by atoms with E-state index in [1.807, 2.05) is 22.6 Å². The van der Waals surface area contributed by atoms with Crippen molar-refractivity contribution in [3.05, 3.63) is 27.3 Å². The van der Waals surface area contributed by atoms with Gasteiger partial charge >= 0.3 is 5.97 Å². The normalized spacial score (nSPS) is 18.8. The topological polar surface area (TPSA) is 117 Å². The number of rotatable bonds is 10. The average Bonchev–Trinajstić information content (AvgIpc) is 3.45. The van der Waals surface area contributed by atoms with Gasteiger partial charge in [0.15, 0.2) is 12.2 Å². The Balaban J connectivity index is 2.03. The van der Waals surface area contributed by atoms with E-state index in [9.17, 15) is 19.5 Å². The monoisotopic (exact) mass is 518 g/mol. The number of hydrogen-bond donors (Lipinski definition) is 3.